The number of benzene rings is 2. The van der Waals surface area contributed by atoms with E-state index in [0.717, 1.165) is 27.9 Å². The highest BCUT2D eigenvalue weighted by Crippen LogP contribution is 2.30. The molecule has 0 saturated heterocycles. The van der Waals surface area contributed by atoms with Crippen LogP contribution in [-0.4, -0.2) is 12.8 Å². The Morgan fingerprint density at radius 3 is 2.88 bits per heavy atom. The minimum Gasteiger partial charge on any atom is -0.456 e. The second kappa shape index (κ2) is 6.69. The molecule has 3 nitrogen and oxygen atoms in total. The molecule has 0 N–H and O–H groups in total. The second-order valence-electron chi connectivity index (χ2n) is 5.60. The summed E-state index contributed by atoms with van der Waals surface area (Å²) in [4.78, 5) is 4.30. The minimum absolute atomic E-state index is 0.535. The van der Waals surface area contributed by atoms with E-state index >= 15 is 0 Å². The number of nitrogens with zero attached hydrogens (tertiary/aromatic N) is 1. The fourth-order valence-corrected chi connectivity index (χ4v) is 2.82. The minimum atomic E-state index is 0.535. The van der Waals surface area contributed by atoms with Crippen molar-refractivity contribution in [2.75, 3.05) is 6.61 Å². The largest absolute Gasteiger partial charge is 0.456 e. The summed E-state index contributed by atoms with van der Waals surface area (Å²) in [5.74, 6) is 0.813. The SMILES string of the molecule is C(=Cc1oc2cccc3c2c1C=NC=C3)COCc1ccccc1. The molecular formula is C21H17NO2. The van der Waals surface area contributed by atoms with E-state index < -0.39 is 0 Å². The summed E-state index contributed by atoms with van der Waals surface area (Å²) >= 11 is 0. The summed E-state index contributed by atoms with van der Waals surface area (Å²) in [5.41, 5.74) is 4.20. The third-order valence-electron chi connectivity index (χ3n) is 3.95. The first kappa shape index (κ1) is 14.7. The lowest BCUT2D eigenvalue weighted by Gasteiger charge is -2.00. The highest BCUT2D eigenvalue weighted by Gasteiger charge is 2.14. The Kier molecular flexibility index (Phi) is 4.09. The highest BCUT2D eigenvalue weighted by atomic mass is 16.5. The van der Waals surface area contributed by atoms with Crippen LogP contribution < -0.4 is 0 Å². The summed E-state index contributed by atoms with van der Waals surface area (Å²) in [6, 6.07) is 16.2. The molecule has 0 fully saturated rings. The van der Waals surface area contributed by atoms with Gasteiger partial charge in [-0.25, -0.2) is 0 Å². The van der Waals surface area contributed by atoms with Crippen molar-refractivity contribution in [1.29, 1.82) is 0 Å². The first-order chi connectivity index (χ1) is 11.9. The standard InChI is InChI=1S/C21H17NO2/c1-2-6-16(7-3-1)15-23-13-5-10-19-18-14-22-12-11-17-8-4-9-20(24-19)21(17)18/h1-12,14H,13,15H2. The van der Waals surface area contributed by atoms with E-state index in [9.17, 15) is 0 Å². The zero-order valence-electron chi connectivity index (χ0n) is 13.2. The molecule has 0 saturated carbocycles. The average molecular weight is 315 g/mol. The summed E-state index contributed by atoms with van der Waals surface area (Å²) in [6.07, 6.45) is 9.60. The number of furan rings is 1. The summed E-state index contributed by atoms with van der Waals surface area (Å²) in [6.45, 7) is 1.14. The molecule has 0 atom stereocenters. The molecule has 4 rings (SSSR count). The molecule has 0 bridgehead atoms. The lowest BCUT2D eigenvalue weighted by molar-refractivity contribution is 0.149. The van der Waals surface area contributed by atoms with Crippen molar-refractivity contribution < 1.29 is 9.15 Å². The van der Waals surface area contributed by atoms with Gasteiger partial charge < -0.3 is 9.15 Å². The monoisotopic (exact) mass is 315 g/mol. The fraction of sp³-hybridized carbons (Fsp3) is 0.0952. The Hall–Kier alpha value is -2.91. The van der Waals surface area contributed by atoms with Gasteiger partial charge in [-0.3, -0.25) is 4.99 Å². The fourth-order valence-electron chi connectivity index (χ4n) is 2.82. The smallest absolute Gasteiger partial charge is 0.136 e. The molecule has 1 aromatic heterocycles. The third kappa shape index (κ3) is 2.94. The second-order valence-corrected chi connectivity index (χ2v) is 5.60. The normalized spacial score (nSPS) is 13.0. The van der Waals surface area contributed by atoms with Gasteiger partial charge in [0.25, 0.3) is 0 Å². The van der Waals surface area contributed by atoms with E-state index in [4.69, 9.17) is 9.15 Å². The molecule has 0 amide bonds. The number of hydrogen-bond donors (Lipinski definition) is 0. The summed E-state index contributed by atoms with van der Waals surface area (Å²) < 4.78 is 11.6. The lowest BCUT2D eigenvalue weighted by Crippen LogP contribution is -1.92. The van der Waals surface area contributed by atoms with Crippen LogP contribution in [0, 0.1) is 0 Å². The molecular weight excluding hydrogens is 298 g/mol. The van der Waals surface area contributed by atoms with Crippen LogP contribution in [0.3, 0.4) is 0 Å². The van der Waals surface area contributed by atoms with Crippen molar-refractivity contribution in [3.05, 3.63) is 83.3 Å². The Labute approximate surface area is 140 Å². The van der Waals surface area contributed by atoms with Gasteiger partial charge in [-0.1, -0.05) is 48.5 Å². The summed E-state index contributed by atoms with van der Waals surface area (Å²) in [5, 5.41) is 1.11. The van der Waals surface area contributed by atoms with Gasteiger partial charge >= 0.3 is 0 Å². The molecule has 3 aromatic rings. The predicted octanol–water partition coefficient (Wildman–Crippen LogP) is 5.07. The quantitative estimate of drug-likeness (QED) is 0.616. The number of ether oxygens (including phenoxy) is 1. The van der Waals surface area contributed by atoms with Crippen molar-refractivity contribution in [3.8, 4) is 0 Å². The van der Waals surface area contributed by atoms with Crippen molar-refractivity contribution in [2.45, 2.75) is 6.61 Å². The zero-order chi connectivity index (χ0) is 16.2. The Balaban J connectivity index is 1.49. The van der Waals surface area contributed by atoms with Crippen LogP contribution in [0.1, 0.15) is 22.5 Å². The van der Waals surface area contributed by atoms with Crippen LogP contribution in [0.5, 0.6) is 0 Å². The molecule has 0 unspecified atom stereocenters. The molecule has 0 aliphatic carbocycles. The maximum absolute atomic E-state index is 5.96. The first-order valence-electron chi connectivity index (χ1n) is 7.95. The molecule has 24 heavy (non-hydrogen) atoms. The molecule has 1 aliphatic heterocycles. The van der Waals surface area contributed by atoms with E-state index in [1.54, 1.807) is 0 Å². The van der Waals surface area contributed by atoms with E-state index in [1.807, 2.05) is 61.0 Å². The molecule has 3 heteroatoms. The van der Waals surface area contributed by atoms with Gasteiger partial charge in [0.2, 0.25) is 0 Å². The van der Waals surface area contributed by atoms with E-state index in [0.29, 0.717) is 13.2 Å². The van der Waals surface area contributed by atoms with Crippen LogP contribution >= 0.6 is 0 Å². The number of hydrogen-bond acceptors (Lipinski definition) is 3. The van der Waals surface area contributed by atoms with Crippen molar-refractivity contribution >= 4 is 29.3 Å². The van der Waals surface area contributed by atoms with Crippen LogP contribution in [0.25, 0.3) is 23.1 Å². The van der Waals surface area contributed by atoms with Crippen molar-refractivity contribution in [3.63, 3.8) is 0 Å². The van der Waals surface area contributed by atoms with Crippen molar-refractivity contribution in [2.24, 2.45) is 4.99 Å². The Morgan fingerprint density at radius 1 is 1.04 bits per heavy atom. The molecule has 0 radical (unpaired) electrons. The topological polar surface area (TPSA) is 34.7 Å². The lowest BCUT2D eigenvalue weighted by atomic mass is 10.1. The van der Waals surface area contributed by atoms with Crippen LogP contribution in [0.15, 0.2) is 70.2 Å². The van der Waals surface area contributed by atoms with Gasteiger partial charge in [-0.05, 0) is 29.3 Å². The Bertz CT molecular complexity index is 933. The number of aliphatic imine (C=N–C) groups is 1. The highest BCUT2D eigenvalue weighted by molar-refractivity contribution is 6.06. The molecule has 2 aromatic carbocycles. The van der Waals surface area contributed by atoms with Crippen LogP contribution in [-0.2, 0) is 11.3 Å². The van der Waals surface area contributed by atoms with Gasteiger partial charge in [0, 0.05) is 23.4 Å². The molecule has 1 aliphatic rings. The van der Waals surface area contributed by atoms with Crippen LogP contribution in [0.2, 0.25) is 0 Å². The van der Waals surface area contributed by atoms with Gasteiger partial charge in [0.05, 0.1) is 13.2 Å². The molecule has 0 spiro atoms. The zero-order valence-corrected chi connectivity index (χ0v) is 13.2. The molecule has 2 heterocycles. The van der Waals surface area contributed by atoms with Crippen LogP contribution in [0.4, 0.5) is 0 Å². The molecule has 118 valence electrons. The summed E-state index contributed by atoms with van der Waals surface area (Å²) in [7, 11) is 0. The van der Waals surface area contributed by atoms with Gasteiger partial charge in [-0.15, -0.1) is 0 Å². The predicted molar refractivity (Wildman–Crippen MR) is 98.0 cm³/mol. The first-order valence-corrected chi connectivity index (χ1v) is 7.95. The van der Waals surface area contributed by atoms with Gasteiger partial charge in [0.1, 0.15) is 11.3 Å². The van der Waals surface area contributed by atoms with Gasteiger partial charge in [-0.2, -0.15) is 0 Å². The number of rotatable bonds is 5. The third-order valence-corrected chi connectivity index (χ3v) is 3.95. The van der Waals surface area contributed by atoms with E-state index in [-0.39, 0.29) is 0 Å². The average Bonchev–Trinajstić information content (AvgIpc) is 2.82. The van der Waals surface area contributed by atoms with E-state index in [1.165, 1.54) is 5.56 Å². The maximum Gasteiger partial charge on any atom is 0.136 e. The van der Waals surface area contributed by atoms with Crippen molar-refractivity contribution in [1.82, 2.24) is 0 Å². The van der Waals surface area contributed by atoms with Gasteiger partial charge in [0.15, 0.2) is 0 Å². The Morgan fingerprint density at radius 2 is 1.96 bits per heavy atom. The van der Waals surface area contributed by atoms with E-state index in [2.05, 4.69) is 23.2 Å². The maximum atomic E-state index is 5.96.